The molecule has 0 aliphatic rings. The molecule has 36 heavy (non-hydrogen) atoms. The van der Waals surface area contributed by atoms with Crippen LogP contribution >= 0.6 is 0 Å². The third kappa shape index (κ3) is 4.66. The molecule has 0 bridgehead atoms. The summed E-state index contributed by atoms with van der Waals surface area (Å²) in [7, 11) is 1.51. The Hall–Kier alpha value is -4.57. The highest BCUT2D eigenvalue weighted by Gasteiger charge is 2.25. The zero-order chi connectivity index (χ0) is 26.0. The van der Waals surface area contributed by atoms with Crippen LogP contribution in [0.15, 0.2) is 65.6 Å². The van der Waals surface area contributed by atoms with E-state index in [1.165, 1.54) is 31.3 Å². The summed E-state index contributed by atoms with van der Waals surface area (Å²) in [6, 6.07) is 16.6. The largest absolute Gasteiger partial charge is 0.437 e. The van der Waals surface area contributed by atoms with Gasteiger partial charge in [-0.3, -0.25) is 9.59 Å². The molecule has 6 nitrogen and oxygen atoms in total. The molecule has 0 saturated carbocycles. The van der Waals surface area contributed by atoms with Gasteiger partial charge in [-0.2, -0.15) is 5.26 Å². The van der Waals surface area contributed by atoms with Crippen LogP contribution < -0.4 is 5.32 Å². The monoisotopic (exact) mass is 481 g/mol. The molecule has 0 saturated heterocycles. The summed E-state index contributed by atoms with van der Waals surface area (Å²) in [5.41, 5.74) is 2.58. The molecule has 0 aliphatic carbocycles. The van der Waals surface area contributed by atoms with Gasteiger partial charge in [0.1, 0.15) is 11.6 Å². The number of Topliss-reactive ketones (excluding diaryl/α,β-unsaturated/α-hetero) is 1. The van der Waals surface area contributed by atoms with E-state index in [0.29, 0.717) is 33.3 Å². The number of pyridine rings is 1. The van der Waals surface area contributed by atoms with Crippen LogP contribution in [0.2, 0.25) is 0 Å². The van der Waals surface area contributed by atoms with Gasteiger partial charge in [-0.15, -0.1) is 0 Å². The zero-order valence-electron chi connectivity index (χ0n) is 20.2. The number of hydrogen-bond donors (Lipinski definition) is 1. The lowest BCUT2D eigenvalue weighted by molar-refractivity contribution is 0.0948. The first-order valence-corrected chi connectivity index (χ1v) is 11.3. The Balaban J connectivity index is 1.89. The van der Waals surface area contributed by atoms with Crippen molar-refractivity contribution in [1.82, 2.24) is 10.3 Å². The minimum Gasteiger partial charge on any atom is -0.437 e. The Kier molecular flexibility index (Phi) is 6.54. The molecule has 2 heterocycles. The predicted octanol–water partition coefficient (Wildman–Crippen LogP) is 6.43. The molecule has 0 aliphatic heterocycles. The molecule has 180 valence electrons. The zero-order valence-corrected chi connectivity index (χ0v) is 20.2. The highest BCUT2D eigenvalue weighted by atomic mass is 19.1. The van der Waals surface area contributed by atoms with Crippen LogP contribution in [-0.2, 0) is 0 Å². The number of nitriles is 1. The van der Waals surface area contributed by atoms with E-state index in [2.05, 4.69) is 22.9 Å². The van der Waals surface area contributed by atoms with Gasteiger partial charge in [0, 0.05) is 30.2 Å². The van der Waals surface area contributed by atoms with Crippen molar-refractivity contribution in [3.05, 3.63) is 83.8 Å². The topological polar surface area (TPSA) is 96.0 Å². The number of carbonyl (C=O) groups excluding carboxylic acids is 2. The fourth-order valence-corrected chi connectivity index (χ4v) is 3.98. The van der Waals surface area contributed by atoms with Crippen molar-refractivity contribution >= 4 is 28.9 Å². The lowest BCUT2D eigenvalue weighted by atomic mass is 9.86. The second kappa shape index (κ2) is 9.59. The Morgan fingerprint density at radius 2 is 1.89 bits per heavy atom. The summed E-state index contributed by atoms with van der Waals surface area (Å²) < 4.78 is 19.5. The maximum absolute atomic E-state index is 13.5. The van der Waals surface area contributed by atoms with Crippen molar-refractivity contribution in [2.75, 3.05) is 7.05 Å². The van der Waals surface area contributed by atoms with Crippen LogP contribution in [-0.4, -0.2) is 23.7 Å². The van der Waals surface area contributed by atoms with Gasteiger partial charge in [0.05, 0.1) is 28.1 Å². The second-order valence-electron chi connectivity index (χ2n) is 9.05. The molecule has 0 spiro atoms. The average molecular weight is 482 g/mol. The lowest BCUT2D eigenvalue weighted by Crippen LogP contribution is -2.18. The second-order valence-corrected chi connectivity index (χ2v) is 9.05. The van der Waals surface area contributed by atoms with Gasteiger partial charge in [0.15, 0.2) is 5.78 Å². The van der Waals surface area contributed by atoms with Crippen LogP contribution in [0.3, 0.4) is 0 Å². The molecule has 0 atom stereocenters. The first kappa shape index (κ1) is 24.6. The van der Waals surface area contributed by atoms with E-state index in [0.717, 1.165) is 0 Å². The number of aromatic nitrogens is 1. The van der Waals surface area contributed by atoms with Gasteiger partial charge in [-0.25, -0.2) is 9.37 Å². The molecule has 1 amide bonds. The molecule has 2 aromatic carbocycles. The Morgan fingerprint density at radius 1 is 1.17 bits per heavy atom. The van der Waals surface area contributed by atoms with E-state index >= 15 is 0 Å². The molecule has 1 N–H and O–H groups in total. The summed E-state index contributed by atoms with van der Waals surface area (Å²) in [5, 5.41) is 12.4. The number of carbonyl (C=O) groups is 2. The van der Waals surface area contributed by atoms with Crippen molar-refractivity contribution in [3.8, 4) is 28.5 Å². The average Bonchev–Trinajstić information content (AvgIpc) is 3.26. The van der Waals surface area contributed by atoms with Crippen LogP contribution in [0, 0.1) is 22.6 Å². The summed E-state index contributed by atoms with van der Waals surface area (Å²) in [6.07, 6.45) is 1.66. The smallest absolute Gasteiger partial charge is 0.255 e. The first-order valence-electron chi connectivity index (χ1n) is 11.3. The molecule has 0 radical (unpaired) electrons. The van der Waals surface area contributed by atoms with E-state index in [-0.39, 0.29) is 35.1 Å². The van der Waals surface area contributed by atoms with Gasteiger partial charge in [0.2, 0.25) is 5.71 Å². The number of rotatable bonds is 7. The number of furan rings is 1. The molecule has 4 rings (SSSR count). The number of nitrogens with zero attached hydrogens (tertiary/aromatic N) is 2. The van der Waals surface area contributed by atoms with E-state index in [1.54, 1.807) is 44.2 Å². The number of ketones is 1. The van der Waals surface area contributed by atoms with Crippen molar-refractivity contribution in [2.24, 2.45) is 5.41 Å². The van der Waals surface area contributed by atoms with E-state index < -0.39 is 11.2 Å². The summed E-state index contributed by atoms with van der Waals surface area (Å²) in [6.45, 7) is 7.31. The normalized spacial score (nSPS) is 11.2. The fourth-order valence-electron chi connectivity index (χ4n) is 3.98. The molecular formula is C29H24FN3O3. The van der Waals surface area contributed by atoms with Gasteiger partial charge < -0.3 is 9.73 Å². The van der Waals surface area contributed by atoms with E-state index in [4.69, 9.17) is 4.42 Å². The minimum atomic E-state index is -0.782. The number of fused-ring (bicyclic) bond motifs is 1. The molecule has 0 fully saturated rings. The number of benzene rings is 2. The molecular weight excluding hydrogens is 457 g/mol. The highest BCUT2D eigenvalue weighted by Crippen LogP contribution is 2.37. The first-order chi connectivity index (χ1) is 17.2. The van der Waals surface area contributed by atoms with Crippen LogP contribution in [0.25, 0.3) is 39.6 Å². The SMILES string of the molecule is C=Cc1nc2oc(-c3ccc(F)cc3)c(C(=O)NC)c2cc1-c1cccc(C(=O)CC(C)(C)C#N)c1. The predicted molar refractivity (Wildman–Crippen MR) is 137 cm³/mol. The van der Waals surface area contributed by atoms with Crippen molar-refractivity contribution in [3.63, 3.8) is 0 Å². The molecule has 7 heteroatoms. The number of halogens is 1. The van der Waals surface area contributed by atoms with E-state index in [9.17, 15) is 19.2 Å². The fraction of sp³-hybridized carbons (Fsp3) is 0.172. The van der Waals surface area contributed by atoms with Gasteiger partial charge in [-0.05, 0) is 61.9 Å². The highest BCUT2D eigenvalue weighted by molar-refractivity contribution is 6.11. The van der Waals surface area contributed by atoms with Crippen LogP contribution in [0.4, 0.5) is 4.39 Å². The summed E-state index contributed by atoms with van der Waals surface area (Å²) in [5.74, 6) is -0.662. The summed E-state index contributed by atoms with van der Waals surface area (Å²) in [4.78, 5) is 30.3. The van der Waals surface area contributed by atoms with Crippen LogP contribution in [0.1, 0.15) is 46.7 Å². The van der Waals surface area contributed by atoms with Gasteiger partial charge >= 0.3 is 0 Å². The van der Waals surface area contributed by atoms with Crippen LogP contribution in [0.5, 0.6) is 0 Å². The third-order valence-corrected chi connectivity index (χ3v) is 5.87. The lowest BCUT2D eigenvalue weighted by Gasteiger charge is -2.14. The Bertz CT molecular complexity index is 1540. The molecule has 2 aromatic heterocycles. The Labute approximate surface area is 208 Å². The Morgan fingerprint density at radius 3 is 2.53 bits per heavy atom. The third-order valence-electron chi connectivity index (χ3n) is 5.87. The van der Waals surface area contributed by atoms with Crippen molar-refractivity contribution in [1.29, 1.82) is 5.26 Å². The minimum absolute atomic E-state index is 0.0855. The number of hydrogen-bond acceptors (Lipinski definition) is 5. The van der Waals surface area contributed by atoms with Crippen molar-refractivity contribution < 1.29 is 18.4 Å². The number of nitrogens with one attached hydrogen (secondary N) is 1. The van der Waals surface area contributed by atoms with Gasteiger partial charge in [0.25, 0.3) is 5.91 Å². The maximum atomic E-state index is 13.5. The van der Waals surface area contributed by atoms with Gasteiger partial charge in [-0.1, -0.05) is 24.8 Å². The van der Waals surface area contributed by atoms with E-state index in [1.807, 2.05) is 6.07 Å². The maximum Gasteiger partial charge on any atom is 0.255 e. The standard InChI is InChI=1S/C29H24FN3O3/c1-5-23-21(18-7-6-8-19(13-18)24(34)15-29(2,3)16-31)14-22-25(27(35)32-4)26(36-28(22)33-23)17-9-11-20(30)12-10-17/h5-14H,1,15H2,2-4H3,(H,32,35). The molecule has 4 aromatic rings. The number of amides is 1. The van der Waals surface area contributed by atoms with Crippen molar-refractivity contribution in [2.45, 2.75) is 20.3 Å². The summed E-state index contributed by atoms with van der Waals surface area (Å²) >= 11 is 0. The quantitative estimate of drug-likeness (QED) is 0.307. The molecule has 0 unspecified atom stereocenters.